The monoisotopic (exact) mass is 192 g/mol. The van der Waals surface area contributed by atoms with Crippen LogP contribution in [0.3, 0.4) is 0 Å². The van der Waals surface area contributed by atoms with Crippen LogP contribution in [0.25, 0.3) is 0 Å². The molecule has 1 N–H and O–H groups in total. The van der Waals surface area contributed by atoms with Crippen molar-refractivity contribution in [2.45, 2.75) is 0 Å². The van der Waals surface area contributed by atoms with Crippen LogP contribution in [0.2, 0.25) is 0 Å². The standard InChI is InChI=1S/C9H21NO3/c1-11-7-4-10(5-8-12-2)6-9-13-3/h4-9H2,1-3H3/p+1. The van der Waals surface area contributed by atoms with Gasteiger partial charge in [-0.15, -0.1) is 0 Å². The summed E-state index contributed by atoms with van der Waals surface area (Å²) < 4.78 is 15.1. The highest BCUT2D eigenvalue weighted by molar-refractivity contribution is 4.31. The lowest BCUT2D eigenvalue weighted by Gasteiger charge is -2.18. The lowest BCUT2D eigenvalue weighted by molar-refractivity contribution is -0.901. The van der Waals surface area contributed by atoms with Gasteiger partial charge in [0.2, 0.25) is 0 Å². The average Bonchev–Trinajstić information content (AvgIpc) is 2.17. The fourth-order valence-corrected chi connectivity index (χ4v) is 1.11. The zero-order valence-electron chi connectivity index (χ0n) is 8.97. The molecule has 0 bridgehead atoms. The second-order valence-electron chi connectivity index (χ2n) is 2.98. The van der Waals surface area contributed by atoms with E-state index in [1.54, 1.807) is 21.3 Å². The van der Waals surface area contributed by atoms with Crippen LogP contribution in [0.4, 0.5) is 0 Å². The minimum absolute atomic E-state index is 0.794. The van der Waals surface area contributed by atoms with Gasteiger partial charge in [-0.3, -0.25) is 0 Å². The summed E-state index contributed by atoms with van der Waals surface area (Å²) in [6.45, 7) is 5.43. The van der Waals surface area contributed by atoms with Gasteiger partial charge in [0.05, 0.1) is 19.8 Å². The van der Waals surface area contributed by atoms with Gasteiger partial charge in [0.15, 0.2) is 0 Å². The maximum atomic E-state index is 5.03. The Morgan fingerprint density at radius 3 is 1.23 bits per heavy atom. The minimum Gasteiger partial charge on any atom is -0.379 e. The second-order valence-corrected chi connectivity index (χ2v) is 2.98. The van der Waals surface area contributed by atoms with Crippen molar-refractivity contribution in [3.05, 3.63) is 0 Å². The fraction of sp³-hybridized carbons (Fsp3) is 1.00. The normalized spacial score (nSPS) is 11.1. The Morgan fingerprint density at radius 1 is 0.692 bits per heavy atom. The predicted molar refractivity (Wildman–Crippen MR) is 51.2 cm³/mol. The van der Waals surface area contributed by atoms with E-state index in [0.29, 0.717) is 0 Å². The highest BCUT2D eigenvalue weighted by Gasteiger charge is 2.06. The molecule has 80 valence electrons. The van der Waals surface area contributed by atoms with E-state index < -0.39 is 0 Å². The van der Waals surface area contributed by atoms with Crippen molar-refractivity contribution in [2.24, 2.45) is 0 Å². The molecule has 0 rings (SSSR count). The second kappa shape index (κ2) is 9.92. The van der Waals surface area contributed by atoms with Gasteiger partial charge in [0.25, 0.3) is 0 Å². The first-order valence-electron chi connectivity index (χ1n) is 4.65. The van der Waals surface area contributed by atoms with Crippen molar-refractivity contribution in [3.8, 4) is 0 Å². The Hall–Kier alpha value is -0.160. The summed E-state index contributed by atoms with van der Waals surface area (Å²) in [5.74, 6) is 0. The van der Waals surface area contributed by atoms with Gasteiger partial charge in [-0.05, 0) is 0 Å². The lowest BCUT2D eigenvalue weighted by atomic mass is 10.4. The molecule has 0 saturated carbocycles. The van der Waals surface area contributed by atoms with Crippen LogP contribution in [0.1, 0.15) is 0 Å². The first-order valence-corrected chi connectivity index (χ1v) is 4.65. The number of methoxy groups -OCH3 is 3. The summed E-state index contributed by atoms with van der Waals surface area (Å²) in [5, 5.41) is 0. The Kier molecular flexibility index (Phi) is 9.80. The number of hydrogen-bond donors (Lipinski definition) is 1. The van der Waals surface area contributed by atoms with Crippen LogP contribution in [0.15, 0.2) is 0 Å². The smallest absolute Gasteiger partial charge is 0.101 e. The Balaban J connectivity index is 3.47. The van der Waals surface area contributed by atoms with Crippen LogP contribution in [0, 0.1) is 0 Å². The largest absolute Gasteiger partial charge is 0.379 e. The predicted octanol–water partition coefficient (Wildman–Crippen LogP) is -1.19. The van der Waals surface area contributed by atoms with Gasteiger partial charge in [-0.25, -0.2) is 0 Å². The quantitative estimate of drug-likeness (QED) is 0.498. The molecule has 0 aliphatic heterocycles. The van der Waals surface area contributed by atoms with Gasteiger partial charge in [0, 0.05) is 21.3 Å². The van der Waals surface area contributed by atoms with Crippen molar-refractivity contribution in [1.82, 2.24) is 0 Å². The molecule has 0 fully saturated rings. The van der Waals surface area contributed by atoms with Crippen LogP contribution < -0.4 is 4.90 Å². The molecule has 0 radical (unpaired) electrons. The van der Waals surface area contributed by atoms with Crippen molar-refractivity contribution in [3.63, 3.8) is 0 Å². The number of nitrogens with one attached hydrogen (secondary N) is 1. The van der Waals surface area contributed by atoms with Gasteiger partial charge < -0.3 is 19.1 Å². The molecule has 0 heterocycles. The van der Waals surface area contributed by atoms with E-state index in [9.17, 15) is 0 Å². The van der Waals surface area contributed by atoms with E-state index in [1.807, 2.05) is 0 Å². The van der Waals surface area contributed by atoms with Gasteiger partial charge >= 0.3 is 0 Å². The molecule has 13 heavy (non-hydrogen) atoms. The molecule has 0 atom stereocenters. The molecule has 0 aliphatic carbocycles. The van der Waals surface area contributed by atoms with E-state index in [2.05, 4.69) is 0 Å². The fourth-order valence-electron chi connectivity index (χ4n) is 1.11. The summed E-state index contributed by atoms with van der Waals surface area (Å²) in [6.07, 6.45) is 0. The molecule has 0 amide bonds. The van der Waals surface area contributed by atoms with E-state index in [4.69, 9.17) is 14.2 Å². The first kappa shape index (κ1) is 12.8. The zero-order valence-corrected chi connectivity index (χ0v) is 8.97. The number of ether oxygens (including phenoxy) is 3. The molecule has 0 aliphatic rings. The minimum atomic E-state index is 0.794. The highest BCUT2D eigenvalue weighted by Crippen LogP contribution is 1.65. The summed E-state index contributed by atoms with van der Waals surface area (Å²) >= 11 is 0. The van der Waals surface area contributed by atoms with Crippen molar-refractivity contribution >= 4 is 0 Å². The molecule has 0 aromatic heterocycles. The van der Waals surface area contributed by atoms with E-state index >= 15 is 0 Å². The summed E-state index contributed by atoms with van der Waals surface area (Å²) in [5.41, 5.74) is 0. The van der Waals surface area contributed by atoms with Crippen molar-refractivity contribution in [1.29, 1.82) is 0 Å². The third kappa shape index (κ3) is 8.18. The van der Waals surface area contributed by atoms with Crippen molar-refractivity contribution in [2.75, 3.05) is 60.8 Å². The molecule has 4 heteroatoms. The number of quaternary nitrogens is 1. The average molecular weight is 192 g/mol. The Bertz CT molecular complexity index is 81.8. The Morgan fingerprint density at radius 2 is 1.00 bits per heavy atom. The van der Waals surface area contributed by atoms with Crippen LogP contribution in [-0.2, 0) is 14.2 Å². The van der Waals surface area contributed by atoms with E-state index in [-0.39, 0.29) is 0 Å². The highest BCUT2D eigenvalue weighted by atomic mass is 16.5. The van der Waals surface area contributed by atoms with Gasteiger partial charge in [-0.1, -0.05) is 0 Å². The molecule has 0 aromatic rings. The first-order chi connectivity index (χ1) is 6.35. The SMILES string of the molecule is COCC[NH+](CCOC)CCOC. The van der Waals surface area contributed by atoms with Crippen molar-refractivity contribution < 1.29 is 19.1 Å². The molecule has 4 nitrogen and oxygen atoms in total. The zero-order chi connectivity index (χ0) is 9.94. The molecular weight excluding hydrogens is 170 g/mol. The van der Waals surface area contributed by atoms with E-state index in [0.717, 1.165) is 39.5 Å². The number of rotatable bonds is 9. The topological polar surface area (TPSA) is 32.1 Å². The maximum Gasteiger partial charge on any atom is 0.101 e. The molecular formula is C9H22NO3+. The summed E-state index contributed by atoms with van der Waals surface area (Å²) in [6, 6.07) is 0. The lowest BCUT2D eigenvalue weighted by Crippen LogP contribution is -3.13. The summed E-state index contributed by atoms with van der Waals surface area (Å²) in [4.78, 5) is 1.46. The van der Waals surface area contributed by atoms with Crippen LogP contribution in [-0.4, -0.2) is 60.8 Å². The Labute approximate surface area is 80.8 Å². The molecule has 0 unspecified atom stereocenters. The third-order valence-electron chi connectivity index (χ3n) is 1.98. The molecule has 0 spiro atoms. The third-order valence-corrected chi connectivity index (χ3v) is 1.98. The van der Waals surface area contributed by atoms with Crippen LogP contribution in [0.5, 0.6) is 0 Å². The maximum absolute atomic E-state index is 5.03. The molecule has 0 saturated heterocycles. The summed E-state index contributed by atoms with van der Waals surface area (Å²) in [7, 11) is 5.18. The van der Waals surface area contributed by atoms with Crippen LogP contribution >= 0.6 is 0 Å². The van der Waals surface area contributed by atoms with Gasteiger partial charge in [-0.2, -0.15) is 0 Å². The van der Waals surface area contributed by atoms with E-state index in [1.165, 1.54) is 4.90 Å². The van der Waals surface area contributed by atoms with Gasteiger partial charge in [0.1, 0.15) is 19.6 Å². The molecule has 0 aromatic carbocycles. The number of hydrogen-bond acceptors (Lipinski definition) is 3.